The highest BCUT2D eigenvalue weighted by Crippen LogP contribution is 2.60. The van der Waals surface area contributed by atoms with E-state index in [0.29, 0.717) is 34.9 Å². The van der Waals surface area contributed by atoms with E-state index in [4.69, 9.17) is 16.3 Å². The highest BCUT2D eigenvalue weighted by molar-refractivity contribution is 6.71. The number of carbonyl (C=O) groups is 3. The van der Waals surface area contributed by atoms with E-state index in [0.717, 1.165) is 36.1 Å². The number of benzene rings is 3. The molecule has 2 saturated heterocycles. The van der Waals surface area contributed by atoms with E-state index >= 15 is 0 Å². The van der Waals surface area contributed by atoms with Gasteiger partial charge < -0.3 is 35.1 Å². The molecular weight excluding hydrogens is 672 g/mol. The molecule has 12 heteroatoms. The zero-order valence-electron chi connectivity index (χ0n) is 28.7. The molecule has 0 aromatic heterocycles. The standard InChI is InChI=1S/C38H45ClN4O6Si/c1-23-35(50(2,3)48)33(19-34(45)42-21-26-8-5-4-7-25(26)17-29(42)22-44)49-38(23)30-18-27(39)12-15-32(30)43(37(38)47)20-24-10-13-28(14-11-24)41-36(46)31-9-6-16-40-31/h4-5,7-8,10-15,18,23,29,31,33,35,40,44,48H,6,9,16-17,19-22H2,1-3H3,(H,41,46)/t23-,29+,31-,33+,35-,38+/m1/s1. The summed E-state index contributed by atoms with van der Waals surface area (Å²) in [6.07, 6.45) is 1.59. The van der Waals surface area contributed by atoms with Gasteiger partial charge in [0.15, 0.2) is 13.9 Å². The van der Waals surface area contributed by atoms with E-state index in [1.165, 1.54) is 0 Å². The zero-order chi connectivity index (χ0) is 35.4. The maximum Gasteiger partial charge on any atom is 0.264 e. The Balaban J connectivity index is 1.16. The maximum absolute atomic E-state index is 14.8. The zero-order valence-corrected chi connectivity index (χ0v) is 30.5. The van der Waals surface area contributed by atoms with Crippen molar-refractivity contribution in [3.8, 4) is 0 Å². The van der Waals surface area contributed by atoms with Crippen LogP contribution in [-0.2, 0) is 44.2 Å². The van der Waals surface area contributed by atoms with Crippen molar-refractivity contribution < 1.29 is 29.0 Å². The maximum atomic E-state index is 14.8. The van der Waals surface area contributed by atoms with Gasteiger partial charge in [-0.1, -0.05) is 54.9 Å². The van der Waals surface area contributed by atoms with Gasteiger partial charge in [-0.15, -0.1) is 0 Å². The van der Waals surface area contributed by atoms with Crippen LogP contribution in [0, 0.1) is 5.92 Å². The van der Waals surface area contributed by atoms with Crippen LogP contribution < -0.4 is 15.5 Å². The fourth-order valence-electron chi connectivity index (χ4n) is 8.75. The van der Waals surface area contributed by atoms with Gasteiger partial charge in [0, 0.05) is 34.3 Å². The van der Waals surface area contributed by atoms with Gasteiger partial charge in [0.2, 0.25) is 11.8 Å². The predicted molar refractivity (Wildman–Crippen MR) is 194 cm³/mol. The molecule has 2 fully saturated rings. The molecule has 4 N–H and O–H groups in total. The molecule has 0 saturated carbocycles. The number of rotatable bonds is 8. The molecule has 3 aromatic carbocycles. The largest absolute Gasteiger partial charge is 0.432 e. The minimum atomic E-state index is -3.02. The number of halogens is 1. The summed E-state index contributed by atoms with van der Waals surface area (Å²) in [5.41, 5.74) is 3.12. The highest BCUT2D eigenvalue weighted by Gasteiger charge is 2.66. The van der Waals surface area contributed by atoms with Gasteiger partial charge in [0.1, 0.15) is 0 Å². The molecule has 0 bridgehead atoms. The van der Waals surface area contributed by atoms with Crippen molar-refractivity contribution in [2.24, 2.45) is 5.92 Å². The number of hydrogen-bond acceptors (Lipinski definition) is 7. The van der Waals surface area contributed by atoms with Gasteiger partial charge in [-0.25, -0.2) is 0 Å². The third kappa shape index (κ3) is 6.18. The Morgan fingerprint density at radius 1 is 1.10 bits per heavy atom. The van der Waals surface area contributed by atoms with E-state index in [2.05, 4.69) is 10.6 Å². The van der Waals surface area contributed by atoms with Gasteiger partial charge in [-0.2, -0.15) is 0 Å². The molecule has 3 amide bonds. The van der Waals surface area contributed by atoms with Crippen molar-refractivity contribution >= 4 is 49.0 Å². The summed E-state index contributed by atoms with van der Waals surface area (Å²) in [4.78, 5) is 56.7. The SMILES string of the molecule is C[C@@H]1[C@@H]([Si](C)(C)O)[C@H](CC(=O)N2Cc3ccccc3C[C@H]2CO)O[C@@]12C(=O)N(Cc1ccc(NC(=O)[C@H]3CCCN3)cc1)c1ccc(Cl)cc12. The molecule has 0 unspecified atom stereocenters. The number of carbonyl (C=O) groups excluding carboxylic acids is 3. The molecule has 264 valence electrons. The topological polar surface area (TPSA) is 131 Å². The summed E-state index contributed by atoms with van der Waals surface area (Å²) in [6.45, 7) is 6.91. The van der Waals surface area contributed by atoms with Gasteiger partial charge in [-0.05, 0) is 85.9 Å². The molecule has 4 heterocycles. The van der Waals surface area contributed by atoms with Crippen LogP contribution in [0.4, 0.5) is 11.4 Å². The fourth-order valence-corrected chi connectivity index (χ4v) is 11.5. The average molecular weight is 717 g/mol. The molecule has 4 aliphatic rings. The molecule has 50 heavy (non-hydrogen) atoms. The molecule has 6 atom stereocenters. The quantitative estimate of drug-likeness (QED) is 0.249. The van der Waals surface area contributed by atoms with Crippen molar-refractivity contribution in [1.82, 2.24) is 10.2 Å². The van der Waals surface area contributed by atoms with Crippen molar-refractivity contribution in [3.05, 3.63) is 94.0 Å². The Labute approximate surface area is 298 Å². The Morgan fingerprint density at radius 3 is 2.52 bits per heavy atom. The minimum Gasteiger partial charge on any atom is -0.432 e. The third-order valence-corrected chi connectivity index (χ3v) is 13.9. The number of nitrogens with zero attached hydrogens (tertiary/aromatic N) is 2. The van der Waals surface area contributed by atoms with Crippen LogP contribution >= 0.6 is 11.6 Å². The number of aliphatic hydroxyl groups excluding tert-OH is 1. The number of fused-ring (bicyclic) bond motifs is 3. The van der Waals surface area contributed by atoms with Crippen LogP contribution in [0.5, 0.6) is 0 Å². The van der Waals surface area contributed by atoms with Gasteiger partial charge in [0.25, 0.3) is 5.91 Å². The number of aliphatic hydroxyl groups is 1. The van der Waals surface area contributed by atoms with Gasteiger partial charge >= 0.3 is 0 Å². The van der Waals surface area contributed by atoms with Crippen molar-refractivity contribution in [2.45, 2.75) is 88.1 Å². The lowest BCUT2D eigenvalue weighted by molar-refractivity contribution is -0.151. The number of ether oxygens (including phenoxy) is 1. The lowest BCUT2D eigenvalue weighted by Crippen LogP contribution is -2.48. The summed E-state index contributed by atoms with van der Waals surface area (Å²) in [5.74, 6) is -0.954. The second kappa shape index (κ2) is 13.5. The first-order chi connectivity index (χ1) is 23.9. The van der Waals surface area contributed by atoms with E-state index in [-0.39, 0.29) is 49.4 Å². The number of amides is 3. The van der Waals surface area contributed by atoms with Crippen molar-refractivity contribution in [1.29, 1.82) is 0 Å². The fraction of sp³-hybridized carbons (Fsp3) is 0.447. The predicted octanol–water partition coefficient (Wildman–Crippen LogP) is 4.71. The molecule has 10 nitrogen and oxygen atoms in total. The lowest BCUT2D eigenvalue weighted by Gasteiger charge is -2.37. The number of hydrogen-bond donors (Lipinski definition) is 4. The summed E-state index contributed by atoms with van der Waals surface area (Å²) in [5, 5.41) is 16.9. The number of anilines is 2. The van der Waals surface area contributed by atoms with E-state index in [1.54, 1.807) is 21.9 Å². The molecule has 3 aromatic rings. The monoisotopic (exact) mass is 716 g/mol. The van der Waals surface area contributed by atoms with Crippen LogP contribution in [0.25, 0.3) is 0 Å². The van der Waals surface area contributed by atoms with Crippen molar-refractivity contribution in [3.63, 3.8) is 0 Å². The molecule has 7 rings (SSSR count). The van der Waals surface area contributed by atoms with E-state index in [1.807, 2.05) is 74.6 Å². The van der Waals surface area contributed by atoms with Crippen LogP contribution in [0.1, 0.15) is 48.4 Å². The summed E-state index contributed by atoms with van der Waals surface area (Å²) in [7, 11) is -3.02. The summed E-state index contributed by atoms with van der Waals surface area (Å²) < 4.78 is 6.90. The molecule has 1 spiro atoms. The van der Waals surface area contributed by atoms with Crippen molar-refractivity contribution in [2.75, 3.05) is 23.4 Å². The lowest BCUT2D eigenvalue weighted by atomic mass is 9.82. The average Bonchev–Trinajstić information content (AvgIpc) is 3.79. The first kappa shape index (κ1) is 34.8. The second-order valence-electron chi connectivity index (χ2n) is 14.8. The second-order valence-corrected chi connectivity index (χ2v) is 19.2. The minimum absolute atomic E-state index is 0.0286. The Hall–Kier alpha value is -3.58. The molecule has 0 aliphatic carbocycles. The molecule has 0 radical (unpaired) electrons. The highest BCUT2D eigenvalue weighted by atomic mass is 35.5. The Bertz CT molecular complexity index is 1790. The van der Waals surface area contributed by atoms with Crippen LogP contribution in [0.15, 0.2) is 66.7 Å². The third-order valence-electron chi connectivity index (χ3n) is 11.1. The van der Waals surface area contributed by atoms with E-state index in [9.17, 15) is 24.3 Å². The Morgan fingerprint density at radius 2 is 1.84 bits per heavy atom. The van der Waals surface area contributed by atoms with Crippen LogP contribution in [-0.4, -0.2) is 72.2 Å². The Kier molecular flexibility index (Phi) is 9.42. The smallest absolute Gasteiger partial charge is 0.264 e. The molecule has 4 aliphatic heterocycles. The normalized spacial score (nSPS) is 27.5. The first-order valence-corrected chi connectivity index (χ1v) is 20.9. The van der Waals surface area contributed by atoms with Gasteiger partial charge in [-0.3, -0.25) is 14.4 Å². The van der Waals surface area contributed by atoms with Crippen LogP contribution in [0.3, 0.4) is 0 Å². The first-order valence-electron chi connectivity index (χ1n) is 17.5. The molecular formula is C38H45ClN4O6Si. The van der Waals surface area contributed by atoms with E-state index < -0.39 is 31.5 Å². The number of nitrogens with one attached hydrogen (secondary N) is 2. The summed E-state index contributed by atoms with van der Waals surface area (Å²) >= 11 is 6.57. The van der Waals surface area contributed by atoms with Gasteiger partial charge in [0.05, 0.1) is 43.4 Å². The summed E-state index contributed by atoms with van der Waals surface area (Å²) in [6, 6.07) is 20.2. The van der Waals surface area contributed by atoms with Crippen LogP contribution in [0.2, 0.25) is 23.7 Å².